The smallest absolute Gasteiger partial charge is 0.351 e. The van der Waals surface area contributed by atoms with Crippen LogP contribution in [-0.4, -0.2) is 38.3 Å². The number of nitrogens with zero attached hydrogens (tertiary/aromatic N) is 4. The van der Waals surface area contributed by atoms with Crippen molar-refractivity contribution in [3.05, 3.63) is 0 Å². The topological polar surface area (TPSA) is 69.9 Å². The van der Waals surface area contributed by atoms with Gasteiger partial charge in [0, 0.05) is 0 Å². The van der Waals surface area contributed by atoms with Crippen molar-refractivity contribution in [1.82, 2.24) is 20.2 Å². The molecule has 0 radical (unpaired) electrons. The first-order chi connectivity index (χ1) is 8.72. The van der Waals surface area contributed by atoms with E-state index in [0.29, 0.717) is 16.9 Å². The third-order valence-electron chi connectivity index (χ3n) is 2.81. The molecule has 1 aromatic heterocycles. The maximum Gasteiger partial charge on any atom is 0.351 e. The van der Waals surface area contributed by atoms with Gasteiger partial charge in [0.1, 0.15) is 0 Å². The molecule has 0 N–H and O–H groups in total. The van der Waals surface area contributed by atoms with Gasteiger partial charge in [0.15, 0.2) is 0 Å². The summed E-state index contributed by atoms with van der Waals surface area (Å²) >= 11 is 0.697. The first kappa shape index (κ1) is 13.3. The normalized spacial score (nSPS) is 17.9. The Morgan fingerprint density at radius 3 is 3.00 bits per heavy atom. The summed E-state index contributed by atoms with van der Waals surface area (Å²) in [5.74, 6) is -0.886. The highest BCUT2D eigenvalue weighted by Gasteiger charge is 2.27. The minimum atomic E-state index is -1.78. The lowest BCUT2D eigenvalue weighted by atomic mass is 10.3. The molecule has 0 aromatic carbocycles. The van der Waals surface area contributed by atoms with Crippen LogP contribution in [0, 0.1) is 0 Å². The minimum absolute atomic E-state index is 0.160. The fourth-order valence-electron chi connectivity index (χ4n) is 1.99. The van der Waals surface area contributed by atoms with E-state index in [1.807, 2.05) is 0 Å². The molecule has 0 saturated heterocycles. The first-order valence-electron chi connectivity index (χ1n) is 5.97. The lowest BCUT2D eigenvalue weighted by Crippen LogP contribution is -2.17. The number of ether oxygens (including phenoxy) is 1. The van der Waals surface area contributed by atoms with Gasteiger partial charge in [0.25, 0.3) is 0 Å². The van der Waals surface area contributed by atoms with Gasteiger partial charge in [-0.1, -0.05) is 12.8 Å². The second kappa shape index (κ2) is 6.12. The molecular weight excluding hydrogens is 259 g/mol. The van der Waals surface area contributed by atoms with Crippen molar-refractivity contribution >= 4 is 17.7 Å². The van der Waals surface area contributed by atoms with E-state index in [1.165, 1.54) is 0 Å². The van der Waals surface area contributed by atoms with Crippen LogP contribution < -0.4 is 0 Å². The van der Waals surface area contributed by atoms with Gasteiger partial charge >= 0.3 is 5.97 Å². The molecule has 8 heteroatoms. The molecule has 1 heterocycles. The Bertz CT molecular complexity index is 408. The van der Waals surface area contributed by atoms with E-state index in [1.54, 1.807) is 11.6 Å². The van der Waals surface area contributed by atoms with Crippen LogP contribution in [0.5, 0.6) is 0 Å². The van der Waals surface area contributed by atoms with Gasteiger partial charge < -0.3 is 4.74 Å². The zero-order valence-electron chi connectivity index (χ0n) is 10.1. The molecule has 1 unspecified atom stereocenters. The quantitative estimate of drug-likeness (QED) is 0.601. The van der Waals surface area contributed by atoms with Crippen LogP contribution in [0.2, 0.25) is 0 Å². The molecule has 18 heavy (non-hydrogen) atoms. The number of carbonyl (C=O) groups is 1. The van der Waals surface area contributed by atoms with Crippen LogP contribution in [0.4, 0.5) is 4.39 Å². The maximum absolute atomic E-state index is 13.6. The highest BCUT2D eigenvalue weighted by atomic mass is 32.2. The number of halogens is 1. The molecule has 6 nitrogen and oxygen atoms in total. The summed E-state index contributed by atoms with van der Waals surface area (Å²) in [5.41, 5.74) is -1.78. The molecule has 2 rings (SSSR count). The number of aromatic nitrogens is 4. The highest BCUT2D eigenvalue weighted by molar-refractivity contribution is 8.00. The first-order valence-corrected chi connectivity index (χ1v) is 6.85. The molecule has 0 aliphatic heterocycles. The third-order valence-corrected chi connectivity index (χ3v) is 3.69. The second-order valence-electron chi connectivity index (χ2n) is 4.03. The summed E-state index contributed by atoms with van der Waals surface area (Å²) in [6.07, 6.45) is 4.25. The summed E-state index contributed by atoms with van der Waals surface area (Å²) in [7, 11) is 0. The molecule has 1 atom stereocenters. The van der Waals surface area contributed by atoms with Crippen molar-refractivity contribution < 1.29 is 13.9 Å². The van der Waals surface area contributed by atoms with Gasteiger partial charge in [0.2, 0.25) is 10.7 Å². The Morgan fingerprint density at radius 1 is 1.61 bits per heavy atom. The van der Waals surface area contributed by atoms with E-state index in [-0.39, 0.29) is 12.6 Å². The standard InChI is InChI=1S/C10H15FN4O2S/c1-2-17-9(16)8(11)18-10-12-13-14-15(10)7-5-3-4-6-7/h7-8H,2-6H2,1H3. The molecule has 0 amide bonds. The molecule has 1 saturated carbocycles. The van der Waals surface area contributed by atoms with Crippen molar-refractivity contribution in [2.45, 2.75) is 49.3 Å². The van der Waals surface area contributed by atoms with Gasteiger partial charge in [-0.3, -0.25) is 0 Å². The average Bonchev–Trinajstić information content (AvgIpc) is 2.98. The molecule has 1 fully saturated rings. The number of tetrazole rings is 1. The predicted octanol–water partition coefficient (Wildman–Crippen LogP) is 1.74. The molecule has 1 aliphatic carbocycles. The second-order valence-corrected chi connectivity index (χ2v) is 5.04. The van der Waals surface area contributed by atoms with E-state index >= 15 is 0 Å². The Balaban J connectivity index is 2.00. The molecule has 1 aliphatic rings. The van der Waals surface area contributed by atoms with E-state index in [2.05, 4.69) is 20.3 Å². The fraction of sp³-hybridized carbons (Fsp3) is 0.800. The predicted molar refractivity (Wildman–Crippen MR) is 62.7 cm³/mol. The van der Waals surface area contributed by atoms with Crippen LogP contribution >= 0.6 is 11.8 Å². The van der Waals surface area contributed by atoms with Crippen LogP contribution in [0.15, 0.2) is 5.16 Å². The van der Waals surface area contributed by atoms with E-state index in [0.717, 1.165) is 25.7 Å². The number of hydrogen-bond donors (Lipinski definition) is 0. The number of carbonyl (C=O) groups excluding carboxylic acids is 1. The van der Waals surface area contributed by atoms with Crippen LogP contribution in [-0.2, 0) is 9.53 Å². The Labute approximate surface area is 108 Å². The minimum Gasteiger partial charge on any atom is -0.463 e. The highest BCUT2D eigenvalue weighted by Crippen LogP contribution is 2.32. The van der Waals surface area contributed by atoms with E-state index < -0.39 is 11.5 Å². The Morgan fingerprint density at radius 2 is 2.33 bits per heavy atom. The van der Waals surface area contributed by atoms with Crippen LogP contribution in [0.1, 0.15) is 38.6 Å². The molecule has 0 spiro atoms. The lowest BCUT2D eigenvalue weighted by molar-refractivity contribution is -0.145. The number of thioether (sulfide) groups is 1. The van der Waals surface area contributed by atoms with Crippen molar-refractivity contribution in [2.75, 3.05) is 6.61 Å². The van der Waals surface area contributed by atoms with Gasteiger partial charge in [-0.25, -0.2) is 13.9 Å². The van der Waals surface area contributed by atoms with Gasteiger partial charge in [-0.05, 0) is 42.0 Å². The molecule has 100 valence electrons. The number of hydrogen-bond acceptors (Lipinski definition) is 6. The number of alkyl halides is 1. The van der Waals surface area contributed by atoms with Crippen molar-refractivity contribution in [3.8, 4) is 0 Å². The maximum atomic E-state index is 13.6. The van der Waals surface area contributed by atoms with Crippen molar-refractivity contribution in [3.63, 3.8) is 0 Å². The van der Waals surface area contributed by atoms with Gasteiger partial charge in [0.05, 0.1) is 12.6 Å². The molecular formula is C10H15FN4O2S. The fourth-order valence-corrected chi connectivity index (χ4v) is 2.72. The average molecular weight is 274 g/mol. The van der Waals surface area contributed by atoms with Gasteiger partial charge in [-0.15, -0.1) is 5.10 Å². The van der Waals surface area contributed by atoms with Crippen LogP contribution in [0.25, 0.3) is 0 Å². The summed E-state index contributed by atoms with van der Waals surface area (Å²) in [5, 5.41) is 11.5. The molecule has 0 bridgehead atoms. The van der Waals surface area contributed by atoms with Crippen LogP contribution in [0.3, 0.4) is 0 Å². The monoisotopic (exact) mass is 274 g/mol. The van der Waals surface area contributed by atoms with Gasteiger partial charge in [-0.2, -0.15) is 0 Å². The van der Waals surface area contributed by atoms with E-state index in [9.17, 15) is 9.18 Å². The largest absolute Gasteiger partial charge is 0.463 e. The Hall–Kier alpha value is -1.18. The lowest BCUT2D eigenvalue weighted by Gasteiger charge is -2.11. The van der Waals surface area contributed by atoms with Crippen molar-refractivity contribution in [1.29, 1.82) is 0 Å². The third kappa shape index (κ3) is 2.98. The van der Waals surface area contributed by atoms with Crippen molar-refractivity contribution in [2.24, 2.45) is 0 Å². The Kier molecular flexibility index (Phi) is 4.51. The number of esters is 1. The summed E-state index contributed by atoms with van der Waals surface area (Å²) < 4.78 is 19.8. The SMILES string of the molecule is CCOC(=O)C(F)Sc1nnnn1C1CCCC1. The summed E-state index contributed by atoms with van der Waals surface area (Å²) in [6.45, 7) is 1.80. The summed E-state index contributed by atoms with van der Waals surface area (Å²) in [6, 6.07) is 0.219. The number of rotatable bonds is 5. The van der Waals surface area contributed by atoms with E-state index in [4.69, 9.17) is 0 Å². The molecule has 1 aromatic rings. The zero-order chi connectivity index (χ0) is 13.0. The summed E-state index contributed by atoms with van der Waals surface area (Å²) in [4.78, 5) is 11.2. The zero-order valence-corrected chi connectivity index (χ0v) is 10.9.